The molecular weight excluding hydrogens is 366 g/mol. The molecule has 0 spiro atoms. The van der Waals surface area contributed by atoms with E-state index in [2.05, 4.69) is 53.1 Å². The molecule has 1 rings (SSSR count). The van der Waals surface area contributed by atoms with Crippen LogP contribution in [0.25, 0.3) is 0 Å². The van der Waals surface area contributed by atoms with E-state index in [0.717, 1.165) is 8.95 Å². The van der Waals surface area contributed by atoms with Crippen molar-refractivity contribution >= 4 is 53.5 Å². The molecule has 0 aromatic heterocycles. The maximum absolute atomic E-state index is 11.6. The molecule has 0 aliphatic rings. The Morgan fingerprint density at radius 1 is 1.15 bits per heavy atom. The molecule has 5 heteroatoms. The predicted molar refractivity (Wildman–Crippen MR) is 65.4 cm³/mol. The first-order valence-electron chi connectivity index (χ1n) is 3.43. The lowest BCUT2D eigenvalue weighted by Crippen LogP contribution is -2.06. The van der Waals surface area contributed by atoms with E-state index in [1.54, 1.807) is 13.1 Å². The molecule has 0 heterocycles. The van der Waals surface area contributed by atoms with Crippen LogP contribution in [0.4, 0.5) is 5.69 Å². The van der Waals surface area contributed by atoms with Gasteiger partial charge >= 0.3 is 0 Å². The lowest BCUT2D eigenvalue weighted by atomic mass is 10.4. The van der Waals surface area contributed by atoms with Crippen LogP contribution in [-0.4, -0.2) is 7.05 Å². The van der Waals surface area contributed by atoms with Crippen molar-refractivity contribution in [3.05, 3.63) is 35.8 Å². The summed E-state index contributed by atoms with van der Waals surface area (Å²) in [5, 5.41) is 2.84. The van der Waals surface area contributed by atoms with Gasteiger partial charge in [-0.15, -0.1) is 0 Å². The molecule has 2 nitrogen and oxygen atoms in total. The second kappa shape index (κ2) is 4.57. The molecular formula is C8H6Br3NO. The van der Waals surface area contributed by atoms with Gasteiger partial charge in [0.05, 0.1) is 10.2 Å². The van der Waals surface area contributed by atoms with Crippen LogP contribution in [0.5, 0.6) is 0 Å². The van der Waals surface area contributed by atoms with Crippen molar-refractivity contribution in [3.8, 4) is 0 Å². The Balaban J connectivity index is 3.64. The van der Waals surface area contributed by atoms with E-state index in [1.807, 2.05) is 6.07 Å². The van der Waals surface area contributed by atoms with Crippen molar-refractivity contribution in [2.24, 2.45) is 0 Å². The first-order chi connectivity index (χ1) is 6.06. The van der Waals surface area contributed by atoms with Gasteiger partial charge < -0.3 is 5.32 Å². The highest BCUT2D eigenvalue weighted by Crippen LogP contribution is 2.23. The van der Waals surface area contributed by atoms with Gasteiger partial charge in [-0.2, -0.15) is 0 Å². The van der Waals surface area contributed by atoms with Crippen LogP contribution in [-0.2, 0) is 0 Å². The number of nitrogens with one attached hydrogen (secondary N) is 1. The van der Waals surface area contributed by atoms with E-state index < -0.39 is 0 Å². The molecule has 1 N–H and O–H groups in total. The van der Waals surface area contributed by atoms with Crippen LogP contribution in [0.1, 0.15) is 0 Å². The number of anilines is 1. The molecule has 0 radical (unpaired) electrons. The van der Waals surface area contributed by atoms with Crippen LogP contribution in [0.2, 0.25) is 0 Å². The third kappa shape index (κ3) is 2.54. The molecule has 13 heavy (non-hydrogen) atoms. The minimum Gasteiger partial charge on any atom is -0.384 e. The Bertz CT molecular complexity index is 392. The Morgan fingerprint density at radius 2 is 1.69 bits per heavy atom. The van der Waals surface area contributed by atoms with Gasteiger partial charge in [0.15, 0.2) is 0 Å². The second-order valence-electron chi connectivity index (χ2n) is 2.32. The zero-order valence-corrected chi connectivity index (χ0v) is 11.5. The summed E-state index contributed by atoms with van der Waals surface area (Å²) in [5.74, 6) is 0. The number of hydrogen-bond acceptors (Lipinski definition) is 2. The lowest BCUT2D eigenvalue weighted by molar-refractivity contribution is 1.45. The summed E-state index contributed by atoms with van der Waals surface area (Å²) < 4.78 is 2.09. The Hall–Kier alpha value is 0.130. The molecule has 1 aromatic rings. The standard InChI is InChI=1S/C8H6Br3NO/c1-12-7-5(10)2-4(9)3-6(11)8(7)13/h2-3H,1H3,(H,12,13). The monoisotopic (exact) mass is 369 g/mol. The summed E-state index contributed by atoms with van der Waals surface area (Å²) in [6.45, 7) is 0. The molecule has 0 aliphatic carbocycles. The molecule has 0 unspecified atom stereocenters. The van der Waals surface area contributed by atoms with Crippen molar-refractivity contribution < 1.29 is 0 Å². The molecule has 70 valence electrons. The van der Waals surface area contributed by atoms with Gasteiger partial charge in [0.1, 0.15) is 0 Å². The van der Waals surface area contributed by atoms with Crippen LogP contribution < -0.4 is 10.7 Å². The SMILES string of the molecule is CNc1c(Br)cc(Br)cc(Br)c1=O. The average Bonchev–Trinajstić information content (AvgIpc) is 2.11. The summed E-state index contributed by atoms with van der Waals surface area (Å²) in [6.07, 6.45) is 0. The van der Waals surface area contributed by atoms with Crippen molar-refractivity contribution in [1.29, 1.82) is 0 Å². The minimum atomic E-state index is -0.0694. The molecule has 0 saturated carbocycles. The summed E-state index contributed by atoms with van der Waals surface area (Å²) in [6, 6.07) is 3.53. The van der Waals surface area contributed by atoms with Gasteiger partial charge in [-0.25, -0.2) is 0 Å². The topological polar surface area (TPSA) is 29.1 Å². The summed E-state index contributed by atoms with van der Waals surface area (Å²) >= 11 is 9.82. The third-order valence-corrected chi connectivity index (χ3v) is 3.13. The summed E-state index contributed by atoms with van der Waals surface area (Å²) in [5.41, 5.74) is 0.470. The first kappa shape index (κ1) is 11.2. The second-order valence-corrected chi connectivity index (χ2v) is 4.95. The number of rotatable bonds is 1. The van der Waals surface area contributed by atoms with Gasteiger partial charge in [-0.3, -0.25) is 4.79 Å². The van der Waals surface area contributed by atoms with Crippen LogP contribution in [0, 0.1) is 0 Å². The lowest BCUT2D eigenvalue weighted by Gasteiger charge is -1.96. The quantitative estimate of drug-likeness (QED) is 0.820. The van der Waals surface area contributed by atoms with E-state index in [-0.39, 0.29) is 5.43 Å². The normalized spacial score (nSPS) is 9.85. The number of hydrogen-bond donors (Lipinski definition) is 1. The maximum Gasteiger partial charge on any atom is 0.216 e. The zero-order chi connectivity index (χ0) is 10.0. The molecule has 0 amide bonds. The van der Waals surface area contributed by atoms with Crippen LogP contribution in [0.3, 0.4) is 0 Å². The molecule has 0 saturated heterocycles. The van der Waals surface area contributed by atoms with Crippen LogP contribution >= 0.6 is 47.8 Å². The van der Waals surface area contributed by atoms with Crippen molar-refractivity contribution in [3.63, 3.8) is 0 Å². The van der Waals surface area contributed by atoms with Gasteiger partial charge in [-0.05, 0) is 44.0 Å². The highest BCUT2D eigenvalue weighted by Gasteiger charge is 2.05. The largest absolute Gasteiger partial charge is 0.384 e. The smallest absolute Gasteiger partial charge is 0.216 e. The van der Waals surface area contributed by atoms with Gasteiger partial charge in [-0.1, -0.05) is 15.9 Å². The van der Waals surface area contributed by atoms with Gasteiger partial charge in [0.2, 0.25) is 5.43 Å². The fourth-order valence-electron chi connectivity index (χ4n) is 0.882. The maximum atomic E-state index is 11.6. The highest BCUT2D eigenvalue weighted by atomic mass is 79.9. The van der Waals surface area contributed by atoms with E-state index >= 15 is 0 Å². The molecule has 0 fully saturated rings. The van der Waals surface area contributed by atoms with Crippen molar-refractivity contribution in [2.75, 3.05) is 12.4 Å². The molecule has 0 aliphatic heterocycles. The third-order valence-electron chi connectivity index (χ3n) is 1.46. The first-order valence-corrected chi connectivity index (χ1v) is 5.80. The Labute approximate surface area is 101 Å². The minimum absolute atomic E-state index is 0.0694. The fraction of sp³-hybridized carbons (Fsp3) is 0.125. The van der Waals surface area contributed by atoms with Gasteiger partial charge in [0.25, 0.3) is 0 Å². The summed E-state index contributed by atoms with van der Waals surface area (Å²) in [7, 11) is 1.71. The van der Waals surface area contributed by atoms with Crippen molar-refractivity contribution in [1.82, 2.24) is 0 Å². The fourth-order valence-corrected chi connectivity index (χ4v) is 3.02. The van der Waals surface area contributed by atoms with E-state index in [9.17, 15) is 4.79 Å². The van der Waals surface area contributed by atoms with E-state index in [0.29, 0.717) is 10.2 Å². The zero-order valence-electron chi connectivity index (χ0n) is 6.70. The summed E-state index contributed by atoms with van der Waals surface area (Å²) in [4.78, 5) is 11.6. The van der Waals surface area contributed by atoms with E-state index in [1.165, 1.54) is 0 Å². The van der Waals surface area contributed by atoms with Crippen molar-refractivity contribution in [2.45, 2.75) is 0 Å². The Kier molecular flexibility index (Phi) is 3.94. The predicted octanol–water partition coefficient (Wildman–Crippen LogP) is 3.38. The average molecular weight is 372 g/mol. The van der Waals surface area contributed by atoms with E-state index in [4.69, 9.17) is 0 Å². The van der Waals surface area contributed by atoms with Crippen LogP contribution in [0.15, 0.2) is 30.3 Å². The highest BCUT2D eigenvalue weighted by molar-refractivity contribution is 9.11. The molecule has 1 aromatic carbocycles. The molecule has 0 bridgehead atoms. The Morgan fingerprint density at radius 3 is 2.23 bits per heavy atom. The number of halogens is 3. The van der Waals surface area contributed by atoms with Gasteiger partial charge in [0, 0.05) is 16.0 Å². The molecule has 0 atom stereocenters.